The van der Waals surface area contributed by atoms with E-state index >= 15 is 0 Å². The van der Waals surface area contributed by atoms with Gasteiger partial charge in [0, 0.05) is 23.9 Å². The Morgan fingerprint density at radius 1 is 1.35 bits per heavy atom. The smallest absolute Gasteiger partial charge is 0.298 e. The van der Waals surface area contributed by atoms with Crippen molar-refractivity contribution in [3.8, 4) is 11.1 Å². The zero-order valence-electron chi connectivity index (χ0n) is 10.8. The maximum absolute atomic E-state index is 13.1. The van der Waals surface area contributed by atoms with Crippen molar-refractivity contribution in [1.29, 1.82) is 0 Å². The zero-order chi connectivity index (χ0) is 14.8. The van der Waals surface area contributed by atoms with E-state index in [1.807, 2.05) is 6.92 Å². The van der Waals surface area contributed by atoms with Crippen LogP contribution in [0.15, 0.2) is 30.6 Å². The number of carbonyl (C=O) groups excluding carboxylic acids is 1. The number of nitrogens with zero attached hydrogens (tertiary/aromatic N) is 2. The summed E-state index contributed by atoms with van der Waals surface area (Å²) in [7, 11) is 0. The number of alkyl halides is 3. The Balaban J connectivity index is 2.51. The lowest BCUT2D eigenvalue weighted by molar-refractivity contribution is -0.137. The first kappa shape index (κ1) is 14.3. The van der Waals surface area contributed by atoms with Gasteiger partial charge in [-0.05, 0) is 18.1 Å². The van der Waals surface area contributed by atoms with Gasteiger partial charge in [0.25, 0.3) is 0 Å². The molecule has 0 amide bonds. The minimum Gasteiger partial charge on any atom is -0.298 e. The highest BCUT2D eigenvalue weighted by Crippen LogP contribution is 2.37. The van der Waals surface area contributed by atoms with Crippen LogP contribution in [-0.4, -0.2) is 16.1 Å². The van der Waals surface area contributed by atoms with Gasteiger partial charge in [-0.3, -0.25) is 9.48 Å². The summed E-state index contributed by atoms with van der Waals surface area (Å²) >= 11 is 0. The SMILES string of the molecule is CCCn1cc(-c2ccc(C=O)cc2C(F)(F)F)cn1. The summed E-state index contributed by atoms with van der Waals surface area (Å²) in [6.07, 6.45) is -0.284. The summed E-state index contributed by atoms with van der Waals surface area (Å²) in [5, 5.41) is 4.03. The summed E-state index contributed by atoms with van der Waals surface area (Å²) < 4.78 is 40.8. The molecule has 1 heterocycles. The van der Waals surface area contributed by atoms with Gasteiger partial charge in [-0.25, -0.2) is 0 Å². The van der Waals surface area contributed by atoms with Crippen LogP contribution in [0.25, 0.3) is 11.1 Å². The van der Waals surface area contributed by atoms with Crippen molar-refractivity contribution in [2.45, 2.75) is 26.1 Å². The Labute approximate surface area is 114 Å². The predicted molar refractivity (Wildman–Crippen MR) is 68.3 cm³/mol. The van der Waals surface area contributed by atoms with E-state index in [0.29, 0.717) is 18.4 Å². The summed E-state index contributed by atoms with van der Waals surface area (Å²) in [6.45, 7) is 2.61. The first-order chi connectivity index (χ1) is 9.45. The van der Waals surface area contributed by atoms with Crippen molar-refractivity contribution in [3.05, 3.63) is 41.7 Å². The van der Waals surface area contributed by atoms with E-state index in [9.17, 15) is 18.0 Å². The number of hydrogen-bond acceptors (Lipinski definition) is 2. The first-order valence-electron chi connectivity index (χ1n) is 6.15. The summed E-state index contributed by atoms with van der Waals surface area (Å²) in [6, 6.07) is 3.54. The lowest BCUT2D eigenvalue weighted by Crippen LogP contribution is -2.08. The first-order valence-corrected chi connectivity index (χ1v) is 6.15. The molecule has 1 aromatic carbocycles. The Morgan fingerprint density at radius 3 is 2.70 bits per heavy atom. The van der Waals surface area contributed by atoms with Crippen molar-refractivity contribution in [2.75, 3.05) is 0 Å². The van der Waals surface area contributed by atoms with E-state index in [0.717, 1.165) is 12.5 Å². The van der Waals surface area contributed by atoms with E-state index in [1.54, 1.807) is 10.9 Å². The molecule has 0 saturated heterocycles. The molecular weight excluding hydrogens is 269 g/mol. The van der Waals surface area contributed by atoms with Crippen LogP contribution in [0, 0.1) is 0 Å². The molecule has 1 aromatic heterocycles. The Kier molecular flexibility index (Phi) is 3.92. The maximum Gasteiger partial charge on any atom is 0.417 e. The van der Waals surface area contributed by atoms with Gasteiger partial charge < -0.3 is 0 Å². The van der Waals surface area contributed by atoms with Gasteiger partial charge in [0.15, 0.2) is 0 Å². The fraction of sp³-hybridized carbons (Fsp3) is 0.286. The van der Waals surface area contributed by atoms with Gasteiger partial charge in [-0.1, -0.05) is 19.1 Å². The van der Waals surface area contributed by atoms with Crippen molar-refractivity contribution in [3.63, 3.8) is 0 Å². The predicted octanol–water partition coefficient (Wildman–Crippen LogP) is 3.79. The van der Waals surface area contributed by atoms with Crippen molar-refractivity contribution in [1.82, 2.24) is 9.78 Å². The molecule has 3 nitrogen and oxygen atoms in total. The van der Waals surface area contributed by atoms with Crippen LogP contribution in [0.5, 0.6) is 0 Å². The van der Waals surface area contributed by atoms with Gasteiger partial charge in [0.2, 0.25) is 0 Å². The van der Waals surface area contributed by atoms with Crippen LogP contribution < -0.4 is 0 Å². The molecule has 2 rings (SSSR count). The van der Waals surface area contributed by atoms with E-state index in [-0.39, 0.29) is 11.1 Å². The fourth-order valence-corrected chi connectivity index (χ4v) is 1.98. The second-order valence-electron chi connectivity index (χ2n) is 4.41. The van der Waals surface area contributed by atoms with Crippen LogP contribution >= 0.6 is 0 Å². The third kappa shape index (κ3) is 2.89. The van der Waals surface area contributed by atoms with E-state index in [4.69, 9.17) is 0 Å². The molecule has 106 valence electrons. The van der Waals surface area contributed by atoms with Crippen LogP contribution in [0.4, 0.5) is 13.2 Å². The molecule has 0 saturated carbocycles. The largest absolute Gasteiger partial charge is 0.417 e. The highest BCUT2D eigenvalue weighted by atomic mass is 19.4. The third-order valence-corrected chi connectivity index (χ3v) is 2.88. The van der Waals surface area contributed by atoms with Crippen LogP contribution in [0.3, 0.4) is 0 Å². The topological polar surface area (TPSA) is 34.9 Å². The summed E-state index contributed by atoms with van der Waals surface area (Å²) in [4.78, 5) is 10.6. The fourth-order valence-electron chi connectivity index (χ4n) is 1.98. The van der Waals surface area contributed by atoms with Crippen LogP contribution in [-0.2, 0) is 12.7 Å². The normalized spacial score (nSPS) is 11.6. The van der Waals surface area contributed by atoms with E-state index in [2.05, 4.69) is 5.10 Å². The number of hydrogen-bond donors (Lipinski definition) is 0. The van der Waals surface area contributed by atoms with Gasteiger partial charge in [0.05, 0.1) is 11.8 Å². The number of aromatic nitrogens is 2. The van der Waals surface area contributed by atoms with Crippen molar-refractivity contribution in [2.24, 2.45) is 0 Å². The minimum atomic E-state index is -4.51. The quantitative estimate of drug-likeness (QED) is 0.800. The molecule has 0 aliphatic heterocycles. The second kappa shape index (κ2) is 5.48. The van der Waals surface area contributed by atoms with Gasteiger partial charge >= 0.3 is 6.18 Å². The van der Waals surface area contributed by atoms with E-state index < -0.39 is 11.7 Å². The van der Waals surface area contributed by atoms with E-state index in [1.165, 1.54) is 18.3 Å². The molecule has 0 bridgehead atoms. The number of aldehydes is 1. The molecule has 0 N–H and O–H groups in total. The number of carbonyl (C=O) groups is 1. The number of aryl methyl sites for hydroxylation is 1. The lowest BCUT2D eigenvalue weighted by Gasteiger charge is -2.12. The molecule has 0 radical (unpaired) electrons. The zero-order valence-corrected chi connectivity index (χ0v) is 10.8. The molecule has 2 aromatic rings. The standard InChI is InChI=1S/C14H13F3N2O/c1-2-5-19-8-11(7-18-19)12-4-3-10(9-20)6-13(12)14(15,16)17/h3-4,6-9H,2,5H2,1H3. The molecule has 0 spiro atoms. The second-order valence-corrected chi connectivity index (χ2v) is 4.41. The highest BCUT2D eigenvalue weighted by molar-refractivity contribution is 5.78. The number of halogens is 3. The van der Waals surface area contributed by atoms with Crippen molar-refractivity contribution < 1.29 is 18.0 Å². The maximum atomic E-state index is 13.1. The average Bonchev–Trinajstić information content (AvgIpc) is 2.86. The van der Waals surface area contributed by atoms with Crippen LogP contribution in [0.1, 0.15) is 29.3 Å². The van der Waals surface area contributed by atoms with Gasteiger partial charge in [0.1, 0.15) is 6.29 Å². The van der Waals surface area contributed by atoms with Gasteiger partial charge in [-0.2, -0.15) is 18.3 Å². The van der Waals surface area contributed by atoms with Crippen LogP contribution in [0.2, 0.25) is 0 Å². The molecule has 0 unspecified atom stereocenters. The molecule has 6 heteroatoms. The Morgan fingerprint density at radius 2 is 2.10 bits per heavy atom. The molecular formula is C14H13F3N2O. The summed E-state index contributed by atoms with van der Waals surface area (Å²) in [5.41, 5.74) is -0.395. The summed E-state index contributed by atoms with van der Waals surface area (Å²) in [5.74, 6) is 0. The lowest BCUT2D eigenvalue weighted by atomic mass is 9.99. The monoisotopic (exact) mass is 282 g/mol. The molecule has 0 aliphatic rings. The molecule has 0 atom stereocenters. The number of benzene rings is 1. The highest BCUT2D eigenvalue weighted by Gasteiger charge is 2.34. The van der Waals surface area contributed by atoms with Gasteiger partial charge in [-0.15, -0.1) is 0 Å². The average molecular weight is 282 g/mol. The number of rotatable bonds is 4. The molecule has 0 aliphatic carbocycles. The Hall–Kier alpha value is -2.11. The molecule has 0 fully saturated rings. The third-order valence-electron chi connectivity index (χ3n) is 2.88. The Bertz CT molecular complexity index is 617. The minimum absolute atomic E-state index is 0.00188. The van der Waals surface area contributed by atoms with Crippen molar-refractivity contribution >= 4 is 6.29 Å². The molecule has 20 heavy (non-hydrogen) atoms.